The zero-order valence-corrected chi connectivity index (χ0v) is 16.6. The van der Waals surface area contributed by atoms with Crippen molar-refractivity contribution in [2.45, 2.75) is 55.9 Å². The Labute approximate surface area is 159 Å². The van der Waals surface area contributed by atoms with Crippen LogP contribution in [0.2, 0.25) is 0 Å². The number of aryl methyl sites for hydroxylation is 1. The van der Waals surface area contributed by atoms with Gasteiger partial charge in [0.2, 0.25) is 15.9 Å². The van der Waals surface area contributed by atoms with E-state index in [9.17, 15) is 8.42 Å². The van der Waals surface area contributed by atoms with Crippen LogP contribution in [0.3, 0.4) is 0 Å². The maximum atomic E-state index is 13.2. The Hall–Kier alpha value is -2.13. The maximum absolute atomic E-state index is 13.2. The summed E-state index contributed by atoms with van der Waals surface area (Å²) in [5, 5.41) is 4.03. The van der Waals surface area contributed by atoms with Gasteiger partial charge in [-0.05, 0) is 25.0 Å². The van der Waals surface area contributed by atoms with E-state index in [0.29, 0.717) is 36.1 Å². The average Bonchev–Trinajstić information content (AvgIpc) is 2.97. The van der Waals surface area contributed by atoms with Crippen LogP contribution in [-0.4, -0.2) is 32.8 Å². The smallest absolute Gasteiger partial charge is 0.241 e. The van der Waals surface area contributed by atoms with Gasteiger partial charge in [-0.15, -0.1) is 0 Å². The molecule has 0 bridgehead atoms. The first kappa shape index (κ1) is 19.6. The van der Waals surface area contributed by atoms with Gasteiger partial charge >= 0.3 is 0 Å². The van der Waals surface area contributed by atoms with Crippen molar-refractivity contribution >= 4 is 10.0 Å². The van der Waals surface area contributed by atoms with Crippen LogP contribution in [0.5, 0.6) is 11.5 Å². The van der Waals surface area contributed by atoms with Gasteiger partial charge in [-0.1, -0.05) is 30.8 Å². The Kier molecular flexibility index (Phi) is 5.71. The third-order valence-corrected chi connectivity index (χ3v) is 6.44. The standard InChI is InChI=1S/C18H25N3O5S/c1-13-19-17(20-26-13)18(10-6-4-5-7-11-18)21-27(22,23)14-8-9-15(24-2)16(12-14)25-3/h8-9,12,21H,4-7,10-11H2,1-3H3. The van der Waals surface area contributed by atoms with E-state index in [0.717, 1.165) is 25.7 Å². The fourth-order valence-electron chi connectivity index (χ4n) is 3.50. The van der Waals surface area contributed by atoms with Gasteiger partial charge in [0.05, 0.1) is 24.7 Å². The Morgan fingerprint density at radius 3 is 2.30 bits per heavy atom. The van der Waals surface area contributed by atoms with Crippen molar-refractivity contribution < 1.29 is 22.4 Å². The van der Waals surface area contributed by atoms with Crippen LogP contribution in [0, 0.1) is 6.92 Å². The highest BCUT2D eigenvalue weighted by atomic mass is 32.2. The lowest BCUT2D eigenvalue weighted by Gasteiger charge is -2.30. The van der Waals surface area contributed by atoms with Crippen molar-refractivity contribution in [3.63, 3.8) is 0 Å². The molecule has 9 heteroatoms. The van der Waals surface area contributed by atoms with Gasteiger partial charge in [0.1, 0.15) is 0 Å². The molecule has 27 heavy (non-hydrogen) atoms. The van der Waals surface area contributed by atoms with Gasteiger partial charge in [0, 0.05) is 13.0 Å². The van der Waals surface area contributed by atoms with E-state index in [4.69, 9.17) is 14.0 Å². The fraction of sp³-hybridized carbons (Fsp3) is 0.556. The van der Waals surface area contributed by atoms with E-state index in [1.54, 1.807) is 13.0 Å². The Balaban J connectivity index is 1.99. The molecule has 8 nitrogen and oxygen atoms in total. The number of sulfonamides is 1. The summed E-state index contributed by atoms with van der Waals surface area (Å²) in [5.41, 5.74) is -0.875. The molecule has 1 aliphatic rings. The van der Waals surface area contributed by atoms with E-state index in [2.05, 4.69) is 14.9 Å². The molecule has 0 unspecified atom stereocenters. The van der Waals surface area contributed by atoms with Crippen LogP contribution in [0.4, 0.5) is 0 Å². The van der Waals surface area contributed by atoms with Crippen LogP contribution < -0.4 is 14.2 Å². The van der Waals surface area contributed by atoms with E-state index < -0.39 is 15.6 Å². The number of benzene rings is 1. The van der Waals surface area contributed by atoms with Crippen molar-refractivity contribution in [1.29, 1.82) is 0 Å². The zero-order chi connectivity index (χ0) is 19.5. The molecular formula is C18H25N3O5S. The molecule has 0 saturated heterocycles. The molecule has 1 fully saturated rings. The average molecular weight is 395 g/mol. The summed E-state index contributed by atoms with van der Waals surface area (Å²) in [6.07, 6.45) is 5.13. The highest BCUT2D eigenvalue weighted by Crippen LogP contribution is 2.37. The number of nitrogens with zero attached hydrogens (tertiary/aromatic N) is 2. The number of aromatic nitrogens is 2. The number of rotatable bonds is 6. The number of ether oxygens (including phenoxy) is 2. The van der Waals surface area contributed by atoms with Gasteiger partial charge in [-0.3, -0.25) is 0 Å². The highest BCUT2D eigenvalue weighted by molar-refractivity contribution is 7.89. The topological polar surface area (TPSA) is 104 Å². The first-order valence-corrected chi connectivity index (χ1v) is 10.5. The first-order chi connectivity index (χ1) is 12.9. The molecule has 3 rings (SSSR count). The van der Waals surface area contributed by atoms with Crippen LogP contribution >= 0.6 is 0 Å². The normalized spacial score (nSPS) is 17.3. The molecule has 2 aromatic rings. The highest BCUT2D eigenvalue weighted by Gasteiger charge is 2.41. The summed E-state index contributed by atoms with van der Waals surface area (Å²) in [7, 11) is -0.866. The lowest BCUT2D eigenvalue weighted by atomic mass is 9.91. The second-order valence-electron chi connectivity index (χ2n) is 6.76. The van der Waals surface area contributed by atoms with E-state index >= 15 is 0 Å². The van der Waals surface area contributed by atoms with Gasteiger partial charge in [-0.2, -0.15) is 9.71 Å². The summed E-state index contributed by atoms with van der Waals surface area (Å²) < 4.78 is 44.8. The maximum Gasteiger partial charge on any atom is 0.241 e. The van der Waals surface area contributed by atoms with Crippen LogP contribution in [0.15, 0.2) is 27.6 Å². The molecule has 1 aliphatic carbocycles. The molecule has 0 amide bonds. The predicted molar refractivity (Wildman–Crippen MR) is 98.3 cm³/mol. The van der Waals surface area contributed by atoms with E-state index in [-0.39, 0.29) is 4.90 Å². The van der Waals surface area contributed by atoms with Gasteiger partial charge < -0.3 is 14.0 Å². The quantitative estimate of drug-likeness (QED) is 0.750. The molecule has 0 spiro atoms. The minimum atomic E-state index is -3.84. The van der Waals surface area contributed by atoms with Crippen molar-refractivity contribution in [3.8, 4) is 11.5 Å². The second-order valence-corrected chi connectivity index (χ2v) is 8.44. The Morgan fingerprint density at radius 2 is 1.74 bits per heavy atom. The molecule has 1 aromatic carbocycles. The SMILES string of the molecule is COc1ccc(S(=O)(=O)NC2(c3noc(C)n3)CCCCCC2)cc1OC. The van der Waals surface area contributed by atoms with Crippen molar-refractivity contribution in [2.24, 2.45) is 0 Å². The molecule has 1 N–H and O–H groups in total. The summed E-state index contributed by atoms with van der Waals surface area (Å²) in [5.74, 6) is 1.63. The number of hydrogen-bond donors (Lipinski definition) is 1. The zero-order valence-electron chi connectivity index (χ0n) is 15.8. The van der Waals surface area contributed by atoms with Gasteiger partial charge in [0.15, 0.2) is 17.3 Å². The summed E-state index contributed by atoms with van der Waals surface area (Å²) in [4.78, 5) is 4.44. The second kappa shape index (κ2) is 7.85. The van der Waals surface area contributed by atoms with Crippen molar-refractivity contribution in [2.75, 3.05) is 14.2 Å². The lowest BCUT2D eigenvalue weighted by molar-refractivity contribution is 0.301. The molecule has 1 aromatic heterocycles. The van der Waals surface area contributed by atoms with Crippen LogP contribution in [0.1, 0.15) is 50.2 Å². The summed E-state index contributed by atoms with van der Waals surface area (Å²) in [6.45, 7) is 1.70. The molecule has 0 aliphatic heterocycles. The number of hydrogen-bond acceptors (Lipinski definition) is 7. The minimum absolute atomic E-state index is 0.101. The van der Waals surface area contributed by atoms with Gasteiger partial charge in [-0.25, -0.2) is 8.42 Å². The Morgan fingerprint density at radius 1 is 1.07 bits per heavy atom. The van der Waals surface area contributed by atoms with Crippen LogP contribution in [0.25, 0.3) is 0 Å². The molecule has 148 valence electrons. The van der Waals surface area contributed by atoms with E-state index in [1.165, 1.54) is 26.4 Å². The minimum Gasteiger partial charge on any atom is -0.493 e. The number of nitrogens with one attached hydrogen (secondary N) is 1. The molecular weight excluding hydrogens is 370 g/mol. The summed E-state index contributed by atoms with van der Waals surface area (Å²) >= 11 is 0. The molecule has 0 radical (unpaired) electrons. The van der Waals surface area contributed by atoms with Crippen LogP contribution in [-0.2, 0) is 15.6 Å². The monoisotopic (exact) mass is 395 g/mol. The third kappa shape index (κ3) is 4.08. The van der Waals surface area contributed by atoms with Crippen molar-refractivity contribution in [3.05, 3.63) is 29.9 Å². The molecule has 0 atom stereocenters. The number of methoxy groups -OCH3 is 2. The predicted octanol–water partition coefficient (Wildman–Crippen LogP) is 2.92. The fourth-order valence-corrected chi connectivity index (χ4v) is 4.93. The lowest BCUT2D eigenvalue weighted by Crippen LogP contribution is -2.46. The Bertz CT molecular complexity index is 886. The largest absolute Gasteiger partial charge is 0.493 e. The first-order valence-electron chi connectivity index (χ1n) is 8.97. The van der Waals surface area contributed by atoms with Gasteiger partial charge in [0.25, 0.3) is 0 Å². The molecule has 1 heterocycles. The summed E-state index contributed by atoms with van der Waals surface area (Å²) in [6, 6.07) is 4.52. The van der Waals surface area contributed by atoms with Crippen molar-refractivity contribution in [1.82, 2.24) is 14.9 Å². The van der Waals surface area contributed by atoms with E-state index in [1.807, 2.05) is 0 Å². The third-order valence-electron chi connectivity index (χ3n) is 4.91. The molecule has 1 saturated carbocycles.